The van der Waals surface area contributed by atoms with Gasteiger partial charge in [-0.3, -0.25) is 4.79 Å². The Morgan fingerprint density at radius 1 is 1.46 bits per heavy atom. The molecule has 0 spiro atoms. The molecule has 0 amide bonds. The minimum absolute atomic E-state index is 0.00162. The Morgan fingerprint density at radius 2 is 2.23 bits per heavy atom. The van der Waals surface area contributed by atoms with Gasteiger partial charge in [0, 0.05) is 6.92 Å². The fourth-order valence-electron chi connectivity index (χ4n) is 1.34. The van der Waals surface area contributed by atoms with Crippen LogP contribution in [-0.2, 0) is 0 Å². The van der Waals surface area contributed by atoms with Gasteiger partial charge in [-0.15, -0.1) is 0 Å². The summed E-state index contributed by atoms with van der Waals surface area (Å²) in [5.74, 6) is 0.588. The first kappa shape index (κ1) is 7.98. The number of hydrogen-bond donors (Lipinski definition) is 0. The van der Waals surface area contributed by atoms with Gasteiger partial charge in [0.1, 0.15) is 5.52 Å². The molecule has 3 heteroatoms. The Morgan fingerprint density at radius 3 is 2.92 bits per heavy atom. The van der Waals surface area contributed by atoms with Crippen LogP contribution < -0.4 is 0 Å². The minimum Gasteiger partial charge on any atom is -0.440 e. The number of carbonyl (C=O) groups excluding carboxylic acids is 1. The second-order valence-electron chi connectivity index (χ2n) is 2.94. The number of aryl methyl sites for hydroxylation is 1. The van der Waals surface area contributed by atoms with Crippen molar-refractivity contribution in [3.63, 3.8) is 0 Å². The number of hydrogen-bond acceptors (Lipinski definition) is 3. The number of aromatic nitrogens is 1. The van der Waals surface area contributed by atoms with Crippen LogP contribution in [0, 0.1) is 6.92 Å². The van der Waals surface area contributed by atoms with Gasteiger partial charge in [-0.25, -0.2) is 4.98 Å². The van der Waals surface area contributed by atoms with Crippen molar-refractivity contribution in [2.75, 3.05) is 0 Å². The highest BCUT2D eigenvalue weighted by Crippen LogP contribution is 2.19. The van der Waals surface area contributed by atoms with E-state index in [-0.39, 0.29) is 5.78 Å². The van der Waals surface area contributed by atoms with Gasteiger partial charge >= 0.3 is 0 Å². The second-order valence-corrected chi connectivity index (χ2v) is 2.94. The minimum atomic E-state index is 0.00162. The maximum Gasteiger partial charge on any atom is 0.192 e. The quantitative estimate of drug-likeness (QED) is 0.625. The number of rotatable bonds is 1. The van der Waals surface area contributed by atoms with Crippen molar-refractivity contribution in [3.8, 4) is 0 Å². The van der Waals surface area contributed by atoms with Gasteiger partial charge in [-0.1, -0.05) is 6.07 Å². The van der Waals surface area contributed by atoms with Gasteiger partial charge in [0.05, 0.1) is 5.56 Å². The number of carbonyl (C=O) groups is 1. The fraction of sp³-hybridized carbons (Fsp3) is 0.200. The van der Waals surface area contributed by atoms with E-state index in [1.54, 1.807) is 19.1 Å². The largest absolute Gasteiger partial charge is 0.440 e. The molecule has 2 rings (SSSR count). The third-order valence-corrected chi connectivity index (χ3v) is 1.90. The van der Waals surface area contributed by atoms with Gasteiger partial charge in [-0.05, 0) is 19.1 Å². The van der Waals surface area contributed by atoms with E-state index in [9.17, 15) is 4.79 Å². The van der Waals surface area contributed by atoms with Crippen LogP contribution in [0.15, 0.2) is 22.6 Å². The van der Waals surface area contributed by atoms with Crippen molar-refractivity contribution in [2.45, 2.75) is 13.8 Å². The molecule has 0 aliphatic heterocycles. The molecule has 66 valence electrons. The molecule has 0 fully saturated rings. The van der Waals surface area contributed by atoms with E-state index >= 15 is 0 Å². The molecule has 0 aliphatic rings. The number of nitrogens with zero attached hydrogens (tertiary/aromatic N) is 1. The Balaban J connectivity index is 2.82. The molecule has 0 N–H and O–H groups in total. The molecular formula is C10H9NO2. The molecule has 1 heterocycles. The predicted octanol–water partition coefficient (Wildman–Crippen LogP) is 2.34. The average molecular weight is 175 g/mol. The van der Waals surface area contributed by atoms with Crippen molar-refractivity contribution < 1.29 is 9.21 Å². The third kappa shape index (κ3) is 1.22. The van der Waals surface area contributed by atoms with E-state index < -0.39 is 0 Å². The smallest absolute Gasteiger partial charge is 0.192 e. The number of Topliss-reactive ketones (excluding diaryl/α,β-unsaturated/α-hetero) is 1. The molecule has 13 heavy (non-hydrogen) atoms. The van der Waals surface area contributed by atoms with E-state index in [4.69, 9.17) is 4.42 Å². The van der Waals surface area contributed by atoms with Gasteiger partial charge < -0.3 is 4.42 Å². The first-order chi connectivity index (χ1) is 6.18. The number of benzene rings is 1. The zero-order valence-electron chi connectivity index (χ0n) is 7.50. The lowest BCUT2D eigenvalue weighted by molar-refractivity contribution is 0.101. The highest BCUT2D eigenvalue weighted by Gasteiger charge is 2.09. The molecule has 2 aromatic rings. The zero-order chi connectivity index (χ0) is 9.42. The number of ketones is 1. The fourth-order valence-corrected chi connectivity index (χ4v) is 1.34. The molecule has 0 unspecified atom stereocenters. The standard InChI is InChI=1S/C10H9NO2/c1-6(12)8-4-3-5-9-10(8)13-7(2)11-9/h3-5H,1-2H3. The third-order valence-electron chi connectivity index (χ3n) is 1.90. The van der Waals surface area contributed by atoms with Crippen LogP contribution >= 0.6 is 0 Å². The van der Waals surface area contributed by atoms with Gasteiger partial charge in [0.2, 0.25) is 0 Å². The molecule has 1 aromatic carbocycles. The molecule has 0 aliphatic carbocycles. The number of para-hydroxylation sites is 1. The highest BCUT2D eigenvalue weighted by atomic mass is 16.3. The summed E-state index contributed by atoms with van der Waals surface area (Å²) in [5.41, 5.74) is 1.93. The number of oxazole rings is 1. The highest BCUT2D eigenvalue weighted by molar-refractivity contribution is 6.03. The first-order valence-electron chi connectivity index (χ1n) is 4.05. The van der Waals surface area contributed by atoms with E-state index in [0.717, 1.165) is 5.52 Å². The average Bonchev–Trinajstić information content (AvgIpc) is 2.43. The summed E-state index contributed by atoms with van der Waals surface area (Å²) < 4.78 is 5.33. The molecule has 0 radical (unpaired) electrons. The summed E-state index contributed by atoms with van der Waals surface area (Å²) in [4.78, 5) is 15.3. The van der Waals surface area contributed by atoms with Crippen LogP contribution in [-0.4, -0.2) is 10.8 Å². The molecule has 0 bridgehead atoms. The van der Waals surface area contributed by atoms with Crippen molar-refractivity contribution in [1.82, 2.24) is 4.98 Å². The van der Waals surface area contributed by atoms with Crippen molar-refractivity contribution in [2.24, 2.45) is 0 Å². The summed E-state index contributed by atoms with van der Waals surface area (Å²) in [6, 6.07) is 5.38. The summed E-state index contributed by atoms with van der Waals surface area (Å²) in [5, 5.41) is 0. The zero-order valence-corrected chi connectivity index (χ0v) is 7.50. The Bertz CT molecular complexity index is 471. The monoisotopic (exact) mass is 175 g/mol. The lowest BCUT2D eigenvalue weighted by Gasteiger charge is -1.93. The van der Waals surface area contributed by atoms with Crippen LogP contribution in [0.2, 0.25) is 0 Å². The summed E-state index contributed by atoms with van der Waals surface area (Å²) >= 11 is 0. The van der Waals surface area contributed by atoms with Crippen LogP contribution in [0.5, 0.6) is 0 Å². The van der Waals surface area contributed by atoms with Gasteiger partial charge in [0.15, 0.2) is 17.3 Å². The number of fused-ring (bicyclic) bond motifs is 1. The molecule has 0 atom stereocenters. The summed E-state index contributed by atoms with van der Waals surface area (Å²) in [6.07, 6.45) is 0. The second kappa shape index (κ2) is 2.69. The lowest BCUT2D eigenvalue weighted by atomic mass is 10.1. The normalized spacial score (nSPS) is 10.6. The van der Waals surface area contributed by atoms with Crippen molar-refractivity contribution in [1.29, 1.82) is 0 Å². The molecule has 1 aromatic heterocycles. The SMILES string of the molecule is CC(=O)c1cccc2nc(C)oc12. The molecule has 0 saturated carbocycles. The van der Waals surface area contributed by atoms with Gasteiger partial charge in [-0.2, -0.15) is 0 Å². The Labute approximate surface area is 75.4 Å². The lowest BCUT2D eigenvalue weighted by Crippen LogP contribution is -1.91. The summed E-state index contributed by atoms with van der Waals surface area (Å²) in [7, 11) is 0. The Kier molecular flexibility index (Phi) is 1.65. The first-order valence-corrected chi connectivity index (χ1v) is 4.05. The van der Waals surface area contributed by atoms with Gasteiger partial charge in [0.25, 0.3) is 0 Å². The van der Waals surface area contributed by atoms with Crippen LogP contribution in [0.3, 0.4) is 0 Å². The maximum atomic E-state index is 11.2. The van der Waals surface area contributed by atoms with Crippen molar-refractivity contribution >= 4 is 16.9 Å². The maximum absolute atomic E-state index is 11.2. The van der Waals surface area contributed by atoms with E-state index in [2.05, 4.69) is 4.98 Å². The molecular weight excluding hydrogens is 166 g/mol. The van der Waals surface area contributed by atoms with Crippen LogP contribution in [0.4, 0.5) is 0 Å². The van der Waals surface area contributed by atoms with Crippen molar-refractivity contribution in [3.05, 3.63) is 29.7 Å². The Hall–Kier alpha value is -1.64. The topological polar surface area (TPSA) is 43.1 Å². The van der Waals surface area contributed by atoms with E-state index in [0.29, 0.717) is 17.0 Å². The molecule has 0 saturated heterocycles. The summed E-state index contributed by atoms with van der Waals surface area (Å²) in [6.45, 7) is 3.29. The van der Waals surface area contributed by atoms with Crippen LogP contribution in [0.1, 0.15) is 23.2 Å². The predicted molar refractivity (Wildman–Crippen MR) is 48.8 cm³/mol. The van der Waals surface area contributed by atoms with E-state index in [1.165, 1.54) is 6.92 Å². The van der Waals surface area contributed by atoms with E-state index in [1.807, 2.05) is 6.07 Å². The van der Waals surface area contributed by atoms with Crippen LogP contribution in [0.25, 0.3) is 11.1 Å². The molecule has 3 nitrogen and oxygen atoms in total.